The van der Waals surface area contributed by atoms with E-state index in [1.54, 1.807) is 0 Å². The van der Waals surface area contributed by atoms with Crippen molar-refractivity contribution in [3.8, 4) is 0 Å². The third-order valence-corrected chi connectivity index (χ3v) is 3.34. The molecule has 1 aromatic rings. The van der Waals surface area contributed by atoms with Crippen molar-refractivity contribution in [2.24, 2.45) is 0 Å². The standard InChI is InChI=1S/C15H29N3/c1-4-5-6-7-8-9-15(3)16-10-11-18-13-14(2)12-17-18/h12-13,15-16H,4-11H2,1-3H3. The number of aryl methyl sites for hydroxylation is 1. The highest BCUT2D eigenvalue weighted by molar-refractivity contribution is 4.99. The highest BCUT2D eigenvalue weighted by Gasteiger charge is 2.01. The lowest BCUT2D eigenvalue weighted by atomic mass is 10.1. The largest absolute Gasteiger partial charge is 0.312 e. The highest BCUT2D eigenvalue weighted by atomic mass is 15.3. The number of hydrogen-bond donors (Lipinski definition) is 1. The lowest BCUT2D eigenvalue weighted by molar-refractivity contribution is 0.455. The number of aromatic nitrogens is 2. The monoisotopic (exact) mass is 251 g/mol. The molecule has 0 saturated heterocycles. The molecule has 0 bridgehead atoms. The van der Waals surface area contributed by atoms with E-state index in [-0.39, 0.29) is 0 Å². The van der Waals surface area contributed by atoms with Crippen LogP contribution in [0.2, 0.25) is 0 Å². The fraction of sp³-hybridized carbons (Fsp3) is 0.800. The van der Waals surface area contributed by atoms with Crippen molar-refractivity contribution in [2.75, 3.05) is 6.54 Å². The van der Waals surface area contributed by atoms with Crippen LogP contribution in [0, 0.1) is 6.92 Å². The second-order valence-corrected chi connectivity index (χ2v) is 5.34. The van der Waals surface area contributed by atoms with Gasteiger partial charge in [0, 0.05) is 18.8 Å². The van der Waals surface area contributed by atoms with Crippen LogP contribution in [-0.2, 0) is 6.54 Å². The van der Waals surface area contributed by atoms with Gasteiger partial charge in [-0.15, -0.1) is 0 Å². The number of unbranched alkanes of at least 4 members (excludes halogenated alkanes) is 4. The van der Waals surface area contributed by atoms with Crippen molar-refractivity contribution in [3.05, 3.63) is 18.0 Å². The molecule has 1 aromatic heterocycles. The summed E-state index contributed by atoms with van der Waals surface area (Å²) in [6, 6.07) is 0.628. The maximum atomic E-state index is 4.29. The quantitative estimate of drug-likeness (QED) is 0.645. The third kappa shape index (κ3) is 6.80. The van der Waals surface area contributed by atoms with Gasteiger partial charge in [0.2, 0.25) is 0 Å². The van der Waals surface area contributed by atoms with Crippen LogP contribution in [0.4, 0.5) is 0 Å². The number of hydrogen-bond acceptors (Lipinski definition) is 2. The molecule has 3 heteroatoms. The van der Waals surface area contributed by atoms with Gasteiger partial charge in [-0.1, -0.05) is 39.0 Å². The molecule has 1 N–H and O–H groups in total. The number of rotatable bonds is 10. The van der Waals surface area contributed by atoms with Crippen molar-refractivity contribution in [1.29, 1.82) is 0 Å². The van der Waals surface area contributed by atoms with Crippen LogP contribution in [0.15, 0.2) is 12.4 Å². The Morgan fingerprint density at radius 1 is 1.28 bits per heavy atom. The first kappa shape index (κ1) is 15.2. The van der Waals surface area contributed by atoms with Crippen LogP contribution in [0.3, 0.4) is 0 Å². The Kier molecular flexibility index (Phi) is 7.74. The Hall–Kier alpha value is -0.830. The second kappa shape index (κ2) is 9.15. The van der Waals surface area contributed by atoms with Crippen LogP contribution >= 0.6 is 0 Å². The molecule has 1 unspecified atom stereocenters. The van der Waals surface area contributed by atoms with E-state index in [1.807, 2.05) is 10.9 Å². The minimum absolute atomic E-state index is 0.628. The lowest BCUT2D eigenvalue weighted by Crippen LogP contribution is -2.29. The van der Waals surface area contributed by atoms with Crippen molar-refractivity contribution in [1.82, 2.24) is 15.1 Å². The molecule has 104 valence electrons. The van der Waals surface area contributed by atoms with E-state index < -0.39 is 0 Å². The van der Waals surface area contributed by atoms with E-state index in [0.717, 1.165) is 13.1 Å². The molecule has 0 spiro atoms. The molecule has 1 heterocycles. The van der Waals surface area contributed by atoms with Gasteiger partial charge in [-0.3, -0.25) is 4.68 Å². The zero-order chi connectivity index (χ0) is 13.2. The lowest BCUT2D eigenvalue weighted by Gasteiger charge is -2.13. The van der Waals surface area contributed by atoms with E-state index in [9.17, 15) is 0 Å². The van der Waals surface area contributed by atoms with Gasteiger partial charge in [0.25, 0.3) is 0 Å². The topological polar surface area (TPSA) is 29.9 Å². The molecule has 0 saturated carbocycles. The molecule has 0 fully saturated rings. The molecule has 1 atom stereocenters. The average Bonchev–Trinajstić information content (AvgIpc) is 2.75. The highest BCUT2D eigenvalue weighted by Crippen LogP contribution is 2.06. The summed E-state index contributed by atoms with van der Waals surface area (Å²) in [6.07, 6.45) is 12.2. The van der Waals surface area contributed by atoms with Crippen LogP contribution in [-0.4, -0.2) is 22.4 Å². The second-order valence-electron chi connectivity index (χ2n) is 5.34. The first-order chi connectivity index (χ1) is 8.72. The fourth-order valence-electron chi connectivity index (χ4n) is 2.17. The molecule has 0 aromatic carbocycles. The van der Waals surface area contributed by atoms with Gasteiger partial charge in [-0.25, -0.2) is 0 Å². The summed E-state index contributed by atoms with van der Waals surface area (Å²) in [7, 11) is 0. The smallest absolute Gasteiger partial charge is 0.0534 e. The van der Waals surface area contributed by atoms with Crippen molar-refractivity contribution in [2.45, 2.75) is 71.9 Å². The Morgan fingerprint density at radius 3 is 2.72 bits per heavy atom. The first-order valence-corrected chi connectivity index (χ1v) is 7.44. The maximum absolute atomic E-state index is 4.29. The molecule has 0 aliphatic carbocycles. The summed E-state index contributed by atoms with van der Waals surface area (Å²) >= 11 is 0. The van der Waals surface area contributed by atoms with Gasteiger partial charge < -0.3 is 5.32 Å². The van der Waals surface area contributed by atoms with E-state index in [1.165, 1.54) is 44.1 Å². The van der Waals surface area contributed by atoms with Crippen molar-refractivity contribution < 1.29 is 0 Å². The molecule has 0 aliphatic rings. The summed E-state index contributed by atoms with van der Waals surface area (Å²) in [5.41, 5.74) is 1.24. The summed E-state index contributed by atoms with van der Waals surface area (Å²) in [4.78, 5) is 0. The van der Waals surface area contributed by atoms with Gasteiger partial charge in [0.05, 0.1) is 12.7 Å². The van der Waals surface area contributed by atoms with Gasteiger partial charge in [-0.2, -0.15) is 5.10 Å². The Bertz CT molecular complexity index is 306. The molecule has 1 rings (SSSR count). The molecule has 0 amide bonds. The van der Waals surface area contributed by atoms with Crippen LogP contribution in [0.5, 0.6) is 0 Å². The maximum Gasteiger partial charge on any atom is 0.0534 e. The summed E-state index contributed by atoms with van der Waals surface area (Å²) in [5.74, 6) is 0. The minimum atomic E-state index is 0.628. The first-order valence-electron chi connectivity index (χ1n) is 7.44. The average molecular weight is 251 g/mol. The van der Waals surface area contributed by atoms with Gasteiger partial charge in [0.1, 0.15) is 0 Å². The van der Waals surface area contributed by atoms with E-state index in [0.29, 0.717) is 6.04 Å². The van der Waals surface area contributed by atoms with Crippen LogP contribution < -0.4 is 5.32 Å². The normalized spacial score (nSPS) is 12.8. The zero-order valence-corrected chi connectivity index (χ0v) is 12.3. The zero-order valence-electron chi connectivity index (χ0n) is 12.3. The molecule has 18 heavy (non-hydrogen) atoms. The Balaban J connectivity index is 1.98. The van der Waals surface area contributed by atoms with Gasteiger partial charge in [-0.05, 0) is 25.8 Å². The predicted octanol–water partition coefficient (Wildman–Crippen LogP) is 3.53. The summed E-state index contributed by atoms with van der Waals surface area (Å²) in [6.45, 7) is 8.61. The number of nitrogens with zero attached hydrogens (tertiary/aromatic N) is 2. The Labute approximate surface area is 112 Å². The fourth-order valence-corrected chi connectivity index (χ4v) is 2.17. The van der Waals surface area contributed by atoms with Crippen LogP contribution in [0.1, 0.15) is 57.9 Å². The summed E-state index contributed by atoms with van der Waals surface area (Å²) in [5, 5.41) is 7.86. The van der Waals surface area contributed by atoms with Crippen molar-refractivity contribution >= 4 is 0 Å². The number of nitrogens with one attached hydrogen (secondary N) is 1. The minimum Gasteiger partial charge on any atom is -0.312 e. The molecular formula is C15H29N3. The molecule has 0 radical (unpaired) electrons. The third-order valence-electron chi connectivity index (χ3n) is 3.34. The van der Waals surface area contributed by atoms with E-state index in [2.05, 4.69) is 37.4 Å². The molecular weight excluding hydrogens is 222 g/mol. The van der Waals surface area contributed by atoms with Gasteiger partial charge >= 0.3 is 0 Å². The van der Waals surface area contributed by atoms with Crippen LogP contribution in [0.25, 0.3) is 0 Å². The van der Waals surface area contributed by atoms with Crippen molar-refractivity contribution in [3.63, 3.8) is 0 Å². The summed E-state index contributed by atoms with van der Waals surface area (Å²) < 4.78 is 2.01. The Morgan fingerprint density at radius 2 is 2.06 bits per heavy atom. The SMILES string of the molecule is CCCCCCCC(C)NCCn1cc(C)cn1. The molecule has 3 nitrogen and oxygen atoms in total. The van der Waals surface area contributed by atoms with E-state index in [4.69, 9.17) is 0 Å². The predicted molar refractivity (Wildman–Crippen MR) is 77.8 cm³/mol. The van der Waals surface area contributed by atoms with E-state index >= 15 is 0 Å². The van der Waals surface area contributed by atoms with Gasteiger partial charge in [0.15, 0.2) is 0 Å². The molecule has 0 aliphatic heterocycles.